The molecule has 7 nitrogen and oxygen atoms in total. The Labute approximate surface area is 122 Å². The van der Waals surface area contributed by atoms with Gasteiger partial charge in [0.2, 0.25) is 11.6 Å². The van der Waals surface area contributed by atoms with Crippen LogP contribution in [0, 0.1) is 10.1 Å². The number of rotatable bonds is 7. The van der Waals surface area contributed by atoms with Crippen LogP contribution in [0.5, 0.6) is 0 Å². The first-order valence-electron chi connectivity index (χ1n) is 6.73. The van der Waals surface area contributed by atoms with Gasteiger partial charge in [0.05, 0.1) is 4.92 Å². The Morgan fingerprint density at radius 1 is 1.14 bits per heavy atom. The molecule has 2 rings (SSSR count). The van der Waals surface area contributed by atoms with E-state index in [1.807, 2.05) is 37.3 Å². The third-order valence-electron chi connectivity index (χ3n) is 2.85. The van der Waals surface area contributed by atoms with Gasteiger partial charge in [-0.1, -0.05) is 37.3 Å². The number of nitro groups is 1. The topological polar surface area (TPSA) is 93.0 Å². The highest BCUT2D eigenvalue weighted by molar-refractivity contribution is 5.69. The molecule has 0 spiro atoms. The molecule has 0 saturated carbocycles. The van der Waals surface area contributed by atoms with E-state index in [1.54, 1.807) is 0 Å². The van der Waals surface area contributed by atoms with Gasteiger partial charge in [0.1, 0.15) is 6.33 Å². The Bertz CT molecular complexity index is 604. The summed E-state index contributed by atoms with van der Waals surface area (Å²) >= 11 is 0. The zero-order valence-electron chi connectivity index (χ0n) is 11.7. The normalized spacial score (nSPS) is 10.1. The summed E-state index contributed by atoms with van der Waals surface area (Å²) in [5, 5.41) is 17.2. The van der Waals surface area contributed by atoms with Crippen LogP contribution in [-0.2, 0) is 6.54 Å². The smallest absolute Gasteiger partial charge is 0.353 e. The van der Waals surface area contributed by atoms with Crippen molar-refractivity contribution in [3.8, 4) is 0 Å². The summed E-state index contributed by atoms with van der Waals surface area (Å²) in [6.07, 6.45) is 2.17. The third kappa shape index (κ3) is 3.88. The predicted molar refractivity (Wildman–Crippen MR) is 81.2 cm³/mol. The summed E-state index contributed by atoms with van der Waals surface area (Å²) in [5.74, 6) is 0.463. The quantitative estimate of drug-likeness (QED) is 0.601. The van der Waals surface area contributed by atoms with Crippen LogP contribution in [0.15, 0.2) is 36.7 Å². The highest BCUT2D eigenvalue weighted by Gasteiger charge is 2.22. The monoisotopic (exact) mass is 287 g/mol. The lowest BCUT2D eigenvalue weighted by Gasteiger charge is -2.09. The van der Waals surface area contributed by atoms with Gasteiger partial charge in [-0.2, -0.15) is 0 Å². The molecule has 21 heavy (non-hydrogen) atoms. The minimum absolute atomic E-state index is 0.123. The fraction of sp³-hybridized carbons (Fsp3) is 0.286. The van der Waals surface area contributed by atoms with Crippen LogP contribution in [0.4, 0.5) is 17.3 Å². The lowest BCUT2D eigenvalue weighted by molar-refractivity contribution is -0.383. The third-order valence-corrected chi connectivity index (χ3v) is 2.85. The molecule has 110 valence electrons. The Kier molecular flexibility index (Phi) is 5.03. The summed E-state index contributed by atoms with van der Waals surface area (Å²) in [6.45, 7) is 3.07. The molecule has 0 amide bonds. The minimum atomic E-state index is -0.467. The van der Waals surface area contributed by atoms with Crippen molar-refractivity contribution in [2.75, 3.05) is 17.2 Å². The molecule has 0 aliphatic carbocycles. The maximum absolute atomic E-state index is 11.3. The Hall–Kier alpha value is -2.70. The first-order valence-corrected chi connectivity index (χ1v) is 6.73. The van der Waals surface area contributed by atoms with Crippen molar-refractivity contribution in [2.45, 2.75) is 19.9 Å². The van der Waals surface area contributed by atoms with Crippen molar-refractivity contribution in [3.05, 3.63) is 52.3 Å². The average molecular weight is 287 g/mol. The zero-order valence-corrected chi connectivity index (χ0v) is 11.7. The Balaban J connectivity index is 2.20. The Morgan fingerprint density at radius 3 is 2.43 bits per heavy atom. The number of nitrogens with one attached hydrogen (secondary N) is 2. The van der Waals surface area contributed by atoms with Crippen molar-refractivity contribution >= 4 is 17.3 Å². The van der Waals surface area contributed by atoms with Crippen LogP contribution >= 0.6 is 0 Å². The number of hydrogen-bond acceptors (Lipinski definition) is 6. The molecule has 0 radical (unpaired) electrons. The molecular weight excluding hydrogens is 270 g/mol. The van der Waals surface area contributed by atoms with E-state index in [1.165, 1.54) is 6.33 Å². The molecule has 1 heterocycles. The van der Waals surface area contributed by atoms with Gasteiger partial charge >= 0.3 is 5.69 Å². The maximum atomic E-state index is 11.3. The second-order valence-electron chi connectivity index (χ2n) is 4.44. The van der Waals surface area contributed by atoms with Crippen molar-refractivity contribution < 1.29 is 4.92 Å². The summed E-state index contributed by atoms with van der Waals surface area (Å²) < 4.78 is 0. The number of hydrogen-bond donors (Lipinski definition) is 2. The van der Waals surface area contributed by atoms with Crippen LogP contribution in [0.25, 0.3) is 0 Å². The SMILES string of the molecule is CCCNc1ncnc(NCc2ccccc2)c1[N+](=O)[O-]. The zero-order chi connectivity index (χ0) is 15.1. The average Bonchev–Trinajstić information content (AvgIpc) is 2.51. The molecule has 2 aromatic rings. The summed E-state index contributed by atoms with van der Waals surface area (Å²) in [6, 6.07) is 9.63. The van der Waals surface area contributed by atoms with Gasteiger partial charge in [0.25, 0.3) is 0 Å². The number of aromatic nitrogens is 2. The molecule has 0 fully saturated rings. The fourth-order valence-electron chi connectivity index (χ4n) is 1.84. The van der Waals surface area contributed by atoms with E-state index < -0.39 is 4.92 Å². The van der Waals surface area contributed by atoms with Gasteiger partial charge in [-0.05, 0) is 12.0 Å². The van der Waals surface area contributed by atoms with Gasteiger partial charge < -0.3 is 10.6 Å². The lowest BCUT2D eigenvalue weighted by atomic mass is 10.2. The molecule has 0 aliphatic heterocycles. The molecule has 0 aliphatic rings. The molecular formula is C14H17N5O2. The van der Waals surface area contributed by atoms with Gasteiger partial charge in [-0.25, -0.2) is 9.97 Å². The molecule has 0 atom stereocenters. The largest absolute Gasteiger partial charge is 0.364 e. The standard InChI is InChI=1S/C14H17N5O2/c1-2-8-15-13-12(19(20)21)14(18-10-17-13)16-9-11-6-4-3-5-7-11/h3-7,10H,2,8-9H2,1H3,(H2,15,16,17,18). The van der Waals surface area contributed by atoms with E-state index in [0.29, 0.717) is 13.1 Å². The molecule has 2 N–H and O–H groups in total. The van der Waals surface area contributed by atoms with E-state index >= 15 is 0 Å². The van der Waals surface area contributed by atoms with Gasteiger partial charge in [0, 0.05) is 13.1 Å². The van der Waals surface area contributed by atoms with E-state index in [9.17, 15) is 10.1 Å². The number of nitrogens with zero attached hydrogens (tertiary/aromatic N) is 3. The number of anilines is 2. The van der Waals surface area contributed by atoms with Crippen molar-refractivity contribution in [2.24, 2.45) is 0 Å². The summed E-state index contributed by atoms with van der Waals surface area (Å²) in [5.41, 5.74) is 0.898. The minimum Gasteiger partial charge on any atom is -0.364 e. The van der Waals surface area contributed by atoms with E-state index in [2.05, 4.69) is 20.6 Å². The Morgan fingerprint density at radius 2 is 1.81 bits per heavy atom. The van der Waals surface area contributed by atoms with Gasteiger partial charge in [-0.3, -0.25) is 10.1 Å². The van der Waals surface area contributed by atoms with Crippen LogP contribution < -0.4 is 10.6 Å². The van der Waals surface area contributed by atoms with Crippen LogP contribution in [0.2, 0.25) is 0 Å². The maximum Gasteiger partial charge on any atom is 0.353 e. The lowest BCUT2D eigenvalue weighted by Crippen LogP contribution is -2.10. The van der Waals surface area contributed by atoms with E-state index in [4.69, 9.17) is 0 Å². The molecule has 0 bridgehead atoms. The molecule has 0 saturated heterocycles. The van der Waals surface area contributed by atoms with E-state index in [0.717, 1.165) is 12.0 Å². The first kappa shape index (κ1) is 14.7. The first-order chi connectivity index (χ1) is 10.2. The molecule has 1 aromatic carbocycles. The molecule has 7 heteroatoms. The van der Waals surface area contributed by atoms with Gasteiger partial charge in [0.15, 0.2) is 0 Å². The highest BCUT2D eigenvalue weighted by atomic mass is 16.6. The van der Waals surface area contributed by atoms with Crippen molar-refractivity contribution in [1.82, 2.24) is 9.97 Å². The summed E-state index contributed by atoms with van der Waals surface area (Å²) in [7, 11) is 0. The summed E-state index contributed by atoms with van der Waals surface area (Å²) in [4.78, 5) is 18.7. The van der Waals surface area contributed by atoms with Crippen molar-refractivity contribution in [1.29, 1.82) is 0 Å². The molecule has 0 unspecified atom stereocenters. The van der Waals surface area contributed by atoms with Gasteiger partial charge in [-0.15, -0.1) is 0 Å². The van der Waals surface area contributed by atoms with Crippen LogP contribution in [0.1, 0.15) is 18.9 Å². The van der Waals surface area contributed by atoms with Crippen molar-refractivity contribution in [3.63, 3.8) is 0 Å². The van der Waals surface area contributed by atoms with Crippen LogP contribution in [-0.4, -0.2) is 21.4 Å². The predicted octanol–water partition coefficient (Wildman–Crippen LogP) is 2.82. The second kappa shape index (κ2) is 7.18. The van der Waals surface area contributed by atoms with Crippen LogP contribution in [0.3, 0.4) is 0 Å². The highest BCUT2D eigenvalue weighted by Crippen LogP contribution is 2.29. The molecule has 1 aromatic heterocycles. The fourth-order valence-corrected chi connectivity index (χ4v) is 1.84. The van der Waals surface area contributed by atoms with E-state index in [-0.39, 0.29) is 17.3 Å². The second-order valence-corrected chi connectivity index (χ2v) is 4.44. The number of benzene rings is 1.